The molecule has 31 heavy (non-hydrogen) atoms. The molecule has 0 bridgehead atoms. The zero-order valence-corrected chi connectivity index (χ0v) is 18.5. The molecule has 3 rings (SSSR count). The quantitative estimate of drug-likeness (QED) is 0.370. The van der Waals surface area contributed by atoms with Crippen LogP contribution in [0.25, 0.3) is 6.08 Å². The highest BCUT2D eigenvalue weighted by Crippen LogP contribution is 2.43. The minimum atomic E-state index is -4.59. The Morgan fingerprint density at radius 2 is 1.29 bits per heavy atom. The van der Waals surface area contributed by atoms with Crippen LogP contribution in [0.4, 0.5) is 22.0 Å². The summed E-state index contributed by atoms with van der Waals surface area (Å²) in [5.74, 6) is 1.37. The van der Waals surface area contributed by atoms with E-state index in [0.717, 1.165) is 24.2 Å². The largest absolute Gasteiger partial charge is 0.409 e. The van der Waals surface area contributed by atoms with Crippen molar-refractivity contribution in [1.82, 2.24) is 0 Å². The van der Waals surface area contributed by atoms with E-state index in [1.54, 1.807) is 0 Å². The first-order chi connectivity index (χ1) is 14.7. The van der Waals surface area contributed by atoms with Gasteiger partial charge >= 0.3 is 6.18 Å². The third-order valence-electron chi connectivity index (χ3n) is 7.57. The van der Waals surface area contributed by atoms with Crippen LogP contribution in [0.5, 0.6) is 0 Å². The van der Waals surface area contributed by atoms with Crippen molar-refractivity contribution in [2.45, 2.75) is 90.1 Å². The van der Waals surface area contributed by atoms with Gasteiger partial charge in [0.2, 0.25) is 0 Å². The maximum Gasteiger partial charge on any atom is 0.409 e. The molecule has 0 radical (unpaired) electrons. The summed E-state index contributed by atoms with van der Waals surface area (Å²) >= 11 is 0. The van der Waals surface area contributed by atoms with Gasteiger partial charge in [-0.05, 0) is 86.0 Å². The Labute approximate surface area is 183 Å². The van der Waals surface area contributed by atoms with Gasteiger partial charge in [0.1, 0.15) is 11.6 Å². The van der Waals surface area contributed by atoms with E-state index in [1.807, 2.05) is 0 Å². The van der Waals surface area contributed by atoms with Gasteiger partial charge in [0, 0.05) is 11.6 Å². The van der Waals surface area contributed by atoms with Crippen LogP contribution in [0.3, 0.4) is 0 Å². The van der Waals surface area contributed by atoms with Crippen LogP contribution in [0, 0.1) is 35.3 Å². The third-order valence-corrected chi connectivity index (χ3v) is 7.57. The highest BCUT2D eigenvalue weighted by atomic mass is 19.4. The zero-order chi connectivity index (χ0) is 22.4. The van der Waals surface area contributed by atoms with Crippen LogP contribution >= 0.6 is 0 Å². The van der Waals surface area contributed by atoms with Crippen molar-refractivity contribution in [3.8, 4) is 0 Å². The van der Waals surface area contributed by atoms with Crippen molar-refractivity contribution < 1.29 is 22.0 Å². The number of allylic oxidation sites excluding steroid dienone is 1. The molecule has 5 heteroatoms. The first-order valence-electron chi connectivity index (χ1n) is 12.0. The Balaban J connectivity index is 1.45. The topological polar surface area (TPSA) is 0 Å². The van der Waals surface area contributed by atoms with Crippen molar-refractivity contribution in [1.29, 1.82) is 0 Å². The van der Waals surface area contributed by atoms with Crippen LogP contribution in [-0.2, 0) is 6.42 Å². The molecule has 0 nitrogen and oxygen atoms in total. The smallest absolute Gasteiger partial charge is 0.206 e. The Kier molecular flexibility index (Phi) is 8.58. The SMILES string of the molecule is CCCC1CCC(C2CCC(CCc3cc(F)c(C=CC(F)(F)F)c(F)c3)CC2)CC1. The lowest BCUT2D eigenvalue weighted by Gasteiger charge is -2.38. The lowest BCUT2D eigenvalue weighted by Crippen LogP contribution is -2.26. The molecule has 0 spiro atoms. The summed E-state index contributed by atoms with van der Waals surface area (Å²) in [6.45, 7) is 2.27. The van der Waals surface area contributed by atoms with Gasteiger partial charge in [-0.3, -0.25) is 0 Å². The lowest BCUT2D eigenvalue weighted by atomic mass is 9.68. The van der Waals surface area contributed by atoms with Crippen LogP contribution in [0.1, 0.15) is 88.7 Å². The molecule has 0 heterocycles. The van der Waals surface area contributed by atoms with Crippen LogP contribution in [0.15, 0.2) is 18.2 Å². The second-order valence-corrected chi connectivity index (χ2v) is 9.74. The number of alkyl halides is 3. The predicted molar refractivity (Wildman–Crippen MR) is 116 cm³/mol. The molecule has 174 valence electrons. The molecule has 2 fully saturated rings. The molecule has 0 saturated heterocycles. The van der Waals surface area contributed by atoms with Gasteiger partial charge in [0.25, 0.3) is 0 Å². The average Bonchev–Trinajstić information content (AvgIpc) is 2.72. The van der Waals surface area contributed by atoms with E-state index in [2.05, 4.69) is 6.92 Å². The molecular weight excluding hydrogens is 407 g/mol. The fourth-order valence-electron chi connectivity index (χ4n) is 5.79. The van der Waals surface area contributed by atoms with E-state index in [9.17, 15) is 22.0 Å². The van der Waals surface area contributed by atoms with Gasteiger partial charge in [-0.2, -0.15) is 13.2 Å². The summed E-state index contributed by atoms with van der Waals surface area (Å²) in [5.41, 5.74) is -0.106. The van der Waals surface area contributed by atoms with Crippen molar-refractivity contribution in [3.63, 3.8) is 0 Å². The highest BCUT2D eigenvalue weighted by molar-refractivity contribution is 5.52. The summed E-state index contributed by atoms with van der Waals surface area (Å²) < 4.78 is 65.1. The number of benzene rings is 1. The van der Waals surface area contributed by atoms with E-state index in [0.29, 0.717) is 24.0 Å². The van der Waals surface area contributed by atoms with Crippen molar-refractivity contribution in [2.24, 2.45) is 23.7 Å². The number of rotatable bonds is 7. The minimum absolute atomic E-state index is 0.136. The van der Waals surface area contributed by atoms with Gasteiger partial charge < -0.3 is 0 Å². The van der Waals surface area contributed by atoms with Gasteiger partial charge in [-0.1, -0.05) is 45.4 Å². The Bertz CT molecular complexity index is 697. The summed E-state index contributed by atoms with van der Waals surface area (Å²) in [4.78, 5) is 0. The van der Waals surface area contributed by atoms with Gasteiger partial charge in [0.05, 0.1) is 0 Å². The van der Waals surface area contributed by atoms with Crippen molar-refractivity contribution >= 4 is 6.08 Å². The van der Waals surface area contributed by atoms with Gasteiger partial charge in [0.15, 0.2) is 0 Å². The number of hydrogen-bond donors (Lipinski definition) is 0. The molecule has 0 atom stereocenters. The fourth-order valence-corrected chi connectivity index (χ4v) is 5.79. The second-order valence-electron chi connectivity index (χ2n) is 9.74. The molecule has 2 saturated carbocycles. The fraction of sp³-hybridized carbons (Fsp3) is 0.692. The predicted octanol–water partition coefficient (Wildman–Crippen LogP) is 8.89. The van der Waals surface area contributed by atoms with E-state index in [-0.39, 0.29) is 6.08 Å². The number of aryl methyl sites for hydroxylation is 1. The van der Waals surface area contributed by atoms with E-state index in [1.165, 1.54) is 76.3 Å². The summed E-state index contributed by atoms with van der Waals surface area (Å²) in [6.07, 6.45) is 10.3. The maximum atomic E-state index is 14.1. The molecule has 0 amide bonds. The summed E-state index contributed by atoms with van der Waals surface area (Å²) in [5, 5.41) is 0. The molecular formula is C26H35F5. The summed E-state index contributed by atoms with van der Waals surface area (Å²) in [6, 6.07) is 2.36. The minimum Gasteiger partial charge on any atom is -0.206 e. The maximum absolute atomic E-state index is 14.1. The Morgan fingerprint density at radius 3 is 1.74 bits per heavy atom. The van der Waals surface area contributed by atoms with E-state index >= 15 is 0 Å². The zero-order valence-electron chi connectivity index (χ0n) is 18.5. The Hall–Kier alpha value is -1.39. The normalized spacial score (nSPS) is 27.7. The third kappa shape index (κ3) is 7.32. The molecule has 0 aromatic heterocycles. The molecule has 0 unspecified atom stereocenters. The highest BCUT2D eigenvalue weighted by Gasteiger charge is 2.30. The molecule has 0 N–H and O–H groups in total. The average molecular weight is 443 g/mol. The second kappa shape index (κ2) is 11.0. The molecule has 1 aromatic carbocycles. The number of halogens is 5. The standard InChI is InChI=1S/C26H35F5/c1-2-3-18-6-10-21(11-7-18)22-12-8-19(9-13-22)4-5-20-16-24(27)23(25(28)17-20)14-15-26(29,30)31/h14-19,21-22H,2-13H2,1H3. The van der Waals surface area contributed by atoms with Gasteiger partial charge in [-0.25, -0.2) is 8.78 Å². The first-order valence-corrected chi connectivity index (χ1v) is 12.0. The lowest BCUT2D eigenvalue weighted by molar-refractivity contribution is -0.0790. The van der Waals surface area contributed by atoms with Crippen LogP contribution < -0.4 is 0 Å². The molecule has 2 aliphatic rings. The van der Waals surface area contributed by atoms with Crippen molar-refractivity contribution in [2.75, 3.05) is 0 Å². The van der Waals surface area contributed by atoms with Crippen molar-refractivity contribution in [3.05, 3.63) is 41.0 Å². The number of hydrogen-bond acceptors (Lipinski definition) is 0. The van der Waals surface area contributed by atoms with Crippen LogP contribution in [0.2, 0.25) is 0 Å². The van der Waals surface area contributed by atoms with Crippen LogP contribution in [-0.4, -0.2) is 6.18 Å². The Morgan fingerprint density at radius 1 is 0.806 bits per heavy atom. The molecule has 0 aliphatic heterocycles. The molecule has 2 aliphatic carbocycles. The van der Waals surface area contributed by atoms with E-state index < -0.39 is 23.4 Å². The monoisotopic (exact) mass is 442 g/mol. The first kappa shape index (κ1) is 24.3. The van der Waals surface area contributed by atoms with E-state index in [4.69, 9.17) is 0 Å². The molecule has 1 aromatic rings. The summed E-state index contributed by atoms with van der Waals surface area (Å²) in [7, 11) is 0. The van der Waals surface area contributed by atoms with Gasteiger partial charge in [-0.15, -0.1) is 0 Å².